The van der Waals surface area contributed by atoms with Crippen LogP contribution in [-0.2, 0) is 19.6 Å². The second kappa shape index (κ2) is 7.42. The highest BCUT2D eigenvalue weighted by atomic mass is 35.5. The van der Waals surface area contributed by atoms with E-state index in [1.54, 1.807) is 0 Å². The number of hydrogen-bond donors (Lipinski definition) is 1. The largest absolute Gasteiger partial charge is 0.454 e. The Morgan fingerprint density at radius 2 is 2.00 bits per heavy atom. The van der Waals surface area contributed by atoms with Crippen molar-refractivity contribution < 1.29 is 9.47 Å². The molecule has 8 heteroatoms. The molecule has 2 aromatic rings. The maximum Gasteiger partial charge on any atom is 0.231 e. The molecule has 0 spiro atoms. The van der Waals surface area contributed by atoms with E-state index in [2.05, 4.69) is 31.0 Å². The van der Waals surface area contributed by atoms with Crippen LogP contribution in [0.3, 0.4) is 0 Å². The lowest BCUT2D eigenvalue weighted by Crippen LogP contribution is -2.34. The fourth-order valence-electron chi connectivity index (χ4n) is 4.12. The van der Waals surface area contributed by atoms with Crippen LogP contribution in [0.2, 0.25) is 0 Å². The van der Waals surface area contributed by atoms with E-state index in [0.29, 0.717) is 12.7 Å². The van der Waals surface area contributed by atoms with Crippen molar-refractivity contribution in [1.29, 1.82) is 0 Å². The van der Waals surface area contributed by atoms with E-state index in [1.807, 2.05) is 12.1 Å². The summed E-state index contributed by atoms with van der Waals surface area (Å²) in [6.45, 7) is 6.25. The summed E-state index contributed by atoms with van der Waals surface area (Å²) >= 11 is 0. The number of aromatic nitrogens is 3. The molecule has 0 aliphatic carbocycles. The third-order valence-electron chi connectivity index (χ3n) is 5.48. The molecule has 1 saturated heterocycles. The van der Waals surface area contributed by atoms with Crippen LogP contribution in [0.4, 0.5) is 0 Å². The predicted octanol–water partition coefficient (Wildman–Crippen LogP) is 1.91. The standard InChI is InChI=1S/C18H23N5O2.ClH/c1-2-14(17-15(3-1)24-12-25-17)11-22-7-4-13(5-8-22)18-21-20-16-10-19-6-9-23(16)18;/h1-3,13,19H,4-12H2;1H. The first kappa shape index (κ1) is 17.6. The molecular weight excluding hydrogens is 354 g/mol. The highest BCUT2D eigenvalue weighted by Crippen LogP contribution is 2.37. The summed E-state index contributed by atoms with van der Waals surface area (Å²) in [7, 11) is 0. The monoisotopic (exact) mass is 377 g/mol. The molecule has 1 aromatic heterocycles. The fraction of sp³-hybridized carbons (Fsp3) is 0.556. The average Bonchev–Trinajstić information content (AvgIpc) is 3.30. The number of rotatable bonds is 3. The van der Waals surface area contributed by atoms with E-state index in [1.165, 1.54) is 11.4 Å². The van der Waals surface area contributed by atoms with Gasteiger partial charge in [0.1, 0.15) is 11.6 Å². The first-order chi connectivity index (χ1) is 12.4. The van der Waals surface area contributed by atoms with E-state index in [4.69, 9.17) is 9.47 Å². The van der Waals surface area contributed by atoms with Crippen molar-refractivity contribution in [1.82, 2.24) is 25.0 Å². The lowest BCUT2D eigenvalue weighted by molar-refractivity contribution is 0.169. The first-order valence-electron chi connectivity index (χ1n) is 9.11. The lowest BCUT2D eigenvalue weighted by atomic mass is 9.95. The van der Waals surface area contributed by atoms with Crippen molar-refractivity contribution in [2.24, 2.45) is 0 Å². The van der Waals surface area contributed by atoms with Gasteiger partial charge in [-0.15, -0.1) is 22.6 Å². The van der Waals surface area contributed by atoms with Crippen molar-refractivity contribution in [2.75, 3.05) is 26.4 Å². The number of para-hydroxylation sites is 1. The average molecular weight is 378 g/mol. The van der Waals surface area contributed by atoms with E-state index < -0.39 is 0 Å². The van der Waals surface area contributed by atoms with Crippen molar-refractivity contribution >= 4 is 12.4 Å². The van der Waals surface area contributed by atoms with Crippen LogP contribution in [0, 0.1) is 0 Å². The van der Waals surface area contributed by atoms with Crippen LogP contribution >= 0.6 is 12.4 Å². The minimum absolute atomic E-state index is 0. The Morgan fingerprint density at radius 3 is 2.88 bits per heavy atom. The van der Waals surface area contributed by atoms with Crippen molar-refractivity contribution in [3.63, 3.8) is 0 Å². The number of nitrogens with one attached hydrogen (secondary N) is 1. The van der Waals surface area contributed by atoms with Gasteiger partial charge in [-0.25, -0.2) is 0 Å². The molecule has 140 valence electrons. The molecule has 1 aromatic carbocycles. The molecule has 7 nitrogen and oxygen atoms in total. The number of piperidine rings is 1. The SMILES string of the molecule is Cl.c1cc(CN2CCC(c3nnc4n3CCNC4)CC2)c2c(c1)OCO2. The highest BCUT2D eigenvalue weighted by molar-refractivity contribution is 5.85. The maximum atomic E-state index is 5.64. The quantitative estimate of drug-likeness (QED) is 0.881. The molecule has 0 amide bonds. The molecular formula is C18H24ClN5O2. The Bertz CT molecular complexity index is 773. The topological polar surface area (TPSA) is 64.4 Å². The summed E-state index contributed by atoms with van der Waals surface area (Å²) in [5.41, 5.74) is 1.22. The molecule has 0 radical (unpaired) electrons. The second-order valence-corrected chi connectivity index (χ2v) is 7.00. The number of halogens is 1. The van der Waals surface area contributed by atoms with Crippen molar-refractivity contribution in [3.8, 4) is 11.5 Å². The summed E-state index contributed by atoms with van der Waals surface area (Å²) in [6, 6.07) is 6.16. The molecule has 0 atom stereocenters. The van der Waals surface area contributed by atoms with Gasteiger partial charge < -0.3 is 19.4 Å². The summed E-state index contributed by atoms with van der Waals surface area (Å²) in [6.07, 6.45) is 2.27. The van der Waals surface area contributed by atoms with Gasteiger partial charge in [0.25, 0.3) is 0 Å². The molecule has 1 N–H and O–H groups in total. The Labute approximate surface area is 159 Å². The van der Waals surface area contributed by atoms with Gasteiger partial charge in [-0.2, -0.15) is 0 Å². The molecule has 0 unspecified atom stereocenters. The van der Waals surface area contributed by atoms with Gasteiger partial charge in [-0.3, -0.25) is 4.90 Å². The molecule has 1 fully saturated rings. The summed E-state index contributed by atoms with van der Waals surface area (Å²) < 4.78 is 13.4. The number of benzene rings is 1. The Morgan fingerprint density at radius 1 is 1.12 bits per heavy atom. The second-order valence-electron chi connectivity index (χ2n) is 7.00. The molecule has 4 heterocycles. The summed E-state index contributed by atoms with van der Waals surface area (Å²) in [5, 5.41) is 12.2. The molecule has 0 saturated carbocycles. The number of likely N-dealkylation sites (tertiary alicyclic amines) is 1. The van der Waals surface area contributed by atoms with E-state index >= 15 is 0 Å². The van der Waals surface area contributed by atoms with Gasteiger partial charge in [0.2, 0.25) is 6.79 Å². The first-order valence-corrected chi connectivity index (χ1v) is 9.11. The van der Waals surface area contributed by atoms with E-state index in [9.17, 15) is 0 Å². The van der Waals surface area contributed by atoms with Crippen LogP contribution in [0.1, 0.15) is 36.0 Å². The van der Waals surface area contributed by atoms with Crippen LogP contribution in [0.5, 0.6) is 11.5 Å². The minimum Gasteiger partial charge on any atom is -0.454 e. The zero-order chi connectivity index (χ0) is 16.6. The zero-order valence-electron chi connectivity index (χ0n) is 14.7. The van der Waals surface area contributed by atoms with Crippen LogP contribution in [0.15, 0.2) is 18.2 Å². The third kappa shape index (κ3) is 3.15. The smallest absolute Gasteiger partial charge is 0.231 e. The molecule has 0 bridgehead atoms. The minimum atomic E-state index is 0. The normalized spacial score (nSPS) is 19.8. The zero-order valence-corrected chi connectivity index (χ0v) is 15.5. The third-order valence-corrected chi connectivity index (χ3v) is 5.48. The van der Waals surface area contributed by atoms with Crippen molar-refractivity contribution in [3.05, 3.63) is 35.4 Å². The van der Waals surface area contributed by atoms with E-state index in [0.717, 1.165) is 69.4 Å². The van der Waals surface area contributed by atoms with Gasteiger partial charge in [0.15, 0.2) is 11.5 Å². The summed E-state index contributed by atoms with van der Waals surface area (Å²) in [5.74, 6) is 4.59. The van der Waals surface area contributed by atoms with Gasteiger partial charge in [0, 0.05) is 31.1 Å². The lowest BCUT2D eigenvalue weighted by Gasteiger charge is -2.32. The van der Waals surface area contributed by atoms with Crippen LogP contribution < -0.4 is 14.8 Å². The summed E-state index contributed by atoms with van der Waals surface area (Å²) in [4.78, 5) is 2.50. The van der Waals surface area contributed by atoms with Crippen molar-refractivity contribution in [2.45, 2.75) is 38.4 Å². The van der Waals surface area contributed by atoms with Gasteiger partial charge >= 0.3 is 0 Å². The van der Waals surface area contributed by atoms with Crippen LogP contribution in [0.25, 0.3) is 0 Å². The number of ether oxygens (including phenoxy) is 2. The van der Waals surface area contributed by atoms with Gasteiger partial charge in [0.05, 0.1) is 6.54 Å². The molecule has 5 rings (SSSR count). The highest BCUT2D eigenvalue weighted by Gasteiger charge is 2.28. The van der Waals surface area contributed by atoms with Gasteiger partial charge in [-0.1, -0.05) is 12.1 Å². The maximum absolute atomic E-state index is 5.64. The Balaban J connectivity index is 0.00000168. The fourth-order valence-corrected chi connectivity index (χ4v) is 4.12. The van der Waals surface area contributed by atoms with Gasteiger partial charge in [-0.05, 0) is 32.0 Å². The number of fused-ring (bicyclic) bond motifs is 2. The predicted molar refractivity (Wildman–Crippen MR) is 98.8 cm³/mol. The Hall–Kier alpha value is -1.83. The Kier molecular flexibility index (Phi) is 5.02. The van der Waals surface area contributed by atoms with Crippen LogP contribution in [-0.4, -0.2) is 46.1 Å². The molecule has 3 aliphatic rings. The molecule has 26 heavy (non-hydrogen) atoms. The number of hydrogen-bond acceptors (Lipinski definition) is 6. The van der Waals surface area contributed by atoms with E-state index in [-0.39, 0.29) is 12.4 Å². The molecule has 3 aliphatic heterocycles. The number of nitrogens with zero attached hydrogens (tertiary/aromatic N) is 4.